The third-order valence-corrected chi connectivity index (χ3v) is 9.30. The highest BCUT2D eigenvalue weighted by atomic mass is 35.5. The zero-order valence-electron chi connectivity index (χ0n) is 15.0. The van der Waals surface area contributed by atoms with Crippen molar-refractivity contribution in [3.63, 3.8) is 0 Å². The van der Waals surface area contributed by atoms with Crippen LogP contribution < -0.4 is 28.3 Å². The second kappa shape index (κ2) is 9.04. The lowest BCUT2D eigenvalue weighted by atomic mass is 10.3. The normalized spacial score (nSPS) is 11.0. The molecule has 0 saturated heterocycles. The standard InChI is InChI=1S/C24H22OP.ClH/c1-4-12-22(13-5-1)26(23-14-6-2-7-15-23,24-16-8-3-9-17-24)20-18-21-11-10-19-25-21;/h1-17,19H,18,20H2;1H/q+1;/p-1. The summed E-state index contributed by atoms with van der Waals surface area (Å²) in [7, 11) is -1.75. The van der Waals surface area contributed by atoms with E-state index >= 15 is 0 Å². The molecule has 1 nitrogen and oxygen atoms in total. The average molecular weight is 393 g/mol. The molecule has 0 aliphatic carbocycles. The Kier molecular flexibility index (Phi) is 6.50. The van der Waals surface area contributed by atoms with Crippen LogP contribution >= 0.6 is 7.26 Å². The Morgan fingerprint density at radius 1 is 0.556 bits per heavy atom. The predicted molar refractivity (Wildman–Crippen MR) is 112 cm³/mol. The molecular formula is C24H22ClOP. The largest absolute Gasteiger partial charge is 1.00 e. The van der Waals surface area contributed by atoms with E-state index in [0.29, 0.717) is 0 Å². The highest BCUT2D eigenvalue weighted by Gasteiger charge is 2.44. The van der Waals surface area contributed by atoms with Gasteiger partial charge in [0, 0.05) is 6.42 Å². The van der Waals surface area contributed by atoms with Crippen molar-refractivity contribution < 1.29 is 16.8 Å². The molecule has 27 heavy (non-hydrogen) atoms. The van der Waals surface area contributed by atoms with Crippen molar-refractivity contribution in [3.05, 3.63) is 115 Å². The lowest BCUT2D eigenvalue weighted by Crippen LogP contribution is -3.00. The Labute approximate surface area is 167 Å². The predicted octanol–water partition coefficient (Wildman–Crippen LogP) is 1.82. The van der Waals surface area contributed by atoms with E-state index in [1.807, 2.05) is 6.07 Å². The number of benzene rings is 3. The van der Waals surface area contributed by atoms with Crippen LogP contribution in [0.2, 0.25) is 0 Å². The molecular weight excluding hydrogens is 371 g/mol. The average Bonchev–Trinajstić information content (AvgIpc) is 3.25. The minimum atomic E-state index is -1.75. The van der Waals surface area contributed by atoms with E-state index in [2.05, 4.69) is 97.1 Å². The lowest BCUT2D eigenvalue weighted by molar-refractivity contribution is -0.00000552. The number of rotatable bonds is 6. The first kappa shape index (κ1) is 19.4. The summed E-state index contributed by atoms with van der Waals surface area (Å²) in [5, 5.41) is 4.26. The van der Waals surface area contributed by atoms with Gasteiger partial charge in [0.25, 0.3) is 0 Å². The van der Waals surface area contributed by atoms with Gasteiger partial charge in [-0.1, -0.05) is 54.6 Å². The topological polar surface area (TPSA) is 13.1 Å². The van der Waals surface area contributed by atoms with Gasteiger partial charge in [-0.05, 0) is 48.5 Å². The van der Waals surface area contributed by atoms with Gasteiger partial charge in [0.1, 0.15) is 28.9 Å². The van der Waals surface area contributed by atoms with Crippen LogP contribution in [0.5, 0.6) is 0 Å². The maximum atomic E-state index is 5.65. The van der Waals surface area contributed by atoms with Crippen LogP contribution in [0.3, 0.4) is 0 Å². The third-order valence-electron chi connectivity index (χ3n) is 4.86. The molecule has 0 spiro atoms. The number of halogens is 1. The maximum absolute atomic E-state index is 5.65. The fraction of sp³-hybridized carbons (Fsp3) is 0.0833. The molecule has 4 aromatic rings. The molecule has 0 fully saturated rings. The molecule has 0 aliphatic heterocycles. The molecule has 3 heteroatoms. The van der Waals surface area contributed by atoms with Gasteiger partial charge >= 0.3 is 0 Å². The minimum absolute atomic E-state index is 0. The molecule has 1 aromatic heterocycles. The summed E-state index contributed by atoms with van der Waals surface area (Å²) in [5.41, 5.74) is 0. The van der Waals surface area contributed by atoms with Gasteiger partial charge in [-0.15, -0.1) is 0 Å². The van der Waals surface area contributed by atoms with E-state index in [9.17, 15) is 0 Å². The summed E-state index contributed by atoms with van der Waals surface area (Å²) in [6, 6.07) is 37.0. The number of hydrogen-bond acceptors (Lipinski definition) is 1. The van der Waals surface area contributed by atoms with Crippen molar-refractivity contribution in [1.82, 2.24) is 0 Å². The van der Waals surface area contributed by atoms with Crippen molar-refractivity contribution in [2.24, 2.45) is 0 Å². The van der Waals surface area contributed by atoms with Gasteiger partial charge in [0.15, 0.2) is 0 Å². The van der Waals surface area contributed by atoms with E-state index in [0.717, 1.165) is 18.3 Å². The first-order valence-electron chi connectivity index (χ1n) is 8.97. The van der Waals surface area contributed by atoms with Crippen molar-refractivity contribution >= 4 is 23.2 Å². The van der Waals surface area contributed by atoms with E-state index in [4.69, 9.17) is 4.42 Å². The Morgan fingerprint density at radius 2 is 1.00 bits per heavy atom. The maximum Gasteiger partial charge on any atom is 0.112 e. The fourth-order valence-electron chi connectivity index (χ4n) is 3.61. The van der Waals surface area contributed by atoms with Crippen LogP contribution in [0.4, 0.5) is 0 Å². The lowest BCUT2D eigenvalue weighted by Gasteiger charge is -2.27. The quantitative estimate of drug-likeness (QED) is 0.456. The Balaban J connectivity index is 0.00000210. The zero-order valence-corrected chi connectivity index (χ0v) is 16.7. The van der Waals surface area contributed by atoms with E-state index in [-0.39, 0.29) is 12.4 Å². The molecule has 0 bridgehead atoms. The summed E-state index contributed by atoms with van der Waals surface area (Å²) < 4.78 is 5.65. The second-order valence-corrected chi connectivity index (χ2v) is 9.99. The van der Waals surface area contributed by atoms with Crippen LogP contribution in [0.1, 0.15) is 5.76 Å². The van der Waals surface area contributed by atoms with Crippen LogP contribution in [0.25, 0.3) is 0 Å². The summed E-state index contributed by atoms with van der Waals surface area (Å²) in [4.78, 5) is 0. The van der Waals surface area contributed by atoms with Crippen LogP contribution in [-0.4, -0.2) is 6.16 Å². The molecule has 1 heterocycles. The summed E-state index contributed by atoms with van der Waals surface area (Å²) in [6.45, 7) is 0. The first-order valence-corrected chi connectivity index (χ1v) is 10.9. The first-order chi connectivity index (χ1) is 12.9. The van der Waals surface area contributed by atoms with Gasteiger partial charge in [-0.25, -0.2) is 0 Å². The molecule has 0 unspecified atom stereocenters. The molecule has 0 atom stereocenters. The SMILES string of the molecule is [Cl-].c1ccc([P+](CCc2ccco2)(c2ccccc2)c2ccccc2)cc1. The molecule has 0 saturated carbocycles. The van der Waals surface area contributed by atoms with Gasteiger partial charge in [-0.3, -0.25) is 0 Å². The molecule has 4 rings (SSSR count). The van der Waals surface area contributed by atoms with Crippen LogP contribution in [0.15, 0.2) is 114 Å². The molecule has 3 aromatic carbocycles. The van der Waals surface area contributed by atoms with E-state index in [1.54, 1.807) is 6.26 Å². The summed E-state index contributed by atoms with van der Waals surface area (Å²) in [6.07, 6.45) is 3.75. The second-order valence-electron chi connectivity index (χ2n) is 6.37. The van der Waals surface area contributed by atoms with Gasteiger partial charge in [0.05, 0.1) is 12.4 Å². The molecule has 0 aliphatic rings. The number of furan rings is 1. The van der Waals surface area contributed by atoms with Crippen molar-refractivity contribution in [2.45, 2.75) is 6.42 Å². The third kappa shape index (κ3) is 4.00. The van der Waals surface area contributed by atoms with Crippen molar-refractivity contribution in [3.8, 4) is 0 Å². The fourth-order valence-corrected chi connectivity index (χ4v) is 7.88. The Bertz CT molecular complexity index is 825. The van der Waals surface area contributed by atoms with Gasteiger partial charge in [0.2, 0.25) is 0 Å². The molecule has 0 radical (unpaired) electrons. The van der Waals surface area contributed by atoms with Crippen LogP contribution in [-0.2, 0) is 6.42 Å². The smallest absolute Gasteiger partial charge is 0.112 e. The Morgan fingerprint density at radius 3 is 1.37 bits per heavy atom. The highest BCUT2D eigenvalue weighted by molar-refractivity contribution is 7.95. The van der Waals surface area contributed by atoms with E-state index in [1.165, 1.54) is 15.9 Å². The Hall–Kier alpha value is -2.34. The van der Waals surface area contributed by atoms with Gasteiger partial charge < -0.3 is 16.8 Å². The van der Waals surface area contributed by atoms with E-state index < -0.39 is 7.26 Å². The number of hydrogen-bond donors (Lipinski definition) is 0. The molecule has 0 N–H and O–H groups in total. The van der Waals surface area contributed by atoms with Crippen molar-refractivity contribution in [2.75, 3.05) is 6.16 Å². The zero-order chi connectivity index (χ0) is 17.7. The monoisotopic (exact) mass is 392 g/mol. The molecule has 136 valence electrons. The minimum Gasteiger partial charge on any atom is -1.00 e. The molecule has 0 amide bonds. The van der Waals surface area contributed by atoms with Gasteiger partial charge in [-0.2, -0.15) is 0 Å². The highest BCUT2D eigenvalue weighted by Crippen LogP contribution is 2.55. The van der Waals surface area contributed by atoms with Crippen molar-refractivity contribution in [1.29, 1.82) is 0 Å². The number of aryl methyl sites for hydroxylation is 1. The summed E-state index contributed by atoms with van der Waals surface area (Å²) in [5.74, 6) is 1.05. The summed E-state index contributed by atoms with van der Waals surface area (Å²) >= 11 is 0. The van der Waals surface area contributed by atoms with Crippen LogP contribution in [0, 0.1) is 0 Å².